The van der Waals surface area contributed by atoms with Crippen molar-refractivity contribution in [2.75, 3.05) is 13.2 Å². The Kier molecular flexibility index (Phi) is 8.79. The summed E-state index contributed by atoms with van der Waals surface area (Å²) in [4.78, 5) is 38.5. The molecule has 34 heavy (non-hydrogen) atoms. The summed E-state index contributed by atoms with van der Waals surface area (Å²) >= 11 is 4.32. The molecule has 0 unspecified atom stereocenters. The molecule has 0 saturated carbocycles. The number of thioether (sulfide) groups is 1. The lowest BCUT2D eigenvalue weighted by Gasteiger charge is -2.19. The van der Waals surface area contributed by atoms with Gasteiger partial charge in [0, 0.05) is 0 Å². The van der Waals surface area contributed by atoms with Crippen LogP contribution in [0.15, 0.2) is 45.8 Å². The first kappa shape index (κ1) is 25.8. The van der Waals surface area contributed by atoms with Gasteiger partial charge in [-0.1, -0.05) is 29.8 Å². The minimum absolute atomic E-state index is 0.168. The SMILES string of the molecule is CCOC(=O)[C@H](C)N1C(=O)S/C(=C/c2cc(Br)c(OCc3ccc(C)cc3)c(OCC)c2)C1=O. The van der Waals surface area contributed by atoms with Gasteiger partial charge in [0.1, 0.15) is 12.6 Å². The number of halogens is 1. The molecule has 2 amide bonds. The van der Waals surface area contributed by atoms with E-state index in [9.17, 15) is 14.4 Å². The summed E-state index contributed by atoms with van der Waals surface area (Å²) < 4.78 is 17.4. The second-order valence-corrected chi connectivity index (χ2v) is 9.36. The number of carbonyl (C=O) groups is 3. The zero-order valence-corrected chi connectivity index (χ0v) is 21.8. The largest absolute Gasteiger partial charge is 0.490 e. The zero-order valence-electron chi connectivity index (χ0n) is 19.4. The van der Waals surface area contributed by atoms with Gasteiger partial charge in [-0.25, -0.2) is 4.79 Å². The maximum Gasteiger partial charge on any atom is 0.329 e. The number of benzene rings is 2. The van der Waals surface area contributed by atoms with Gasteiger partial charge in [0.25, 0.3) is 11.1 Å². The number of esters is 1. The molecule has 0 aliphatic carbocycles. The molecule has 2 aromatic carbocycles. The number of hydrogen-bond acceptors (Lipinski definition) is 7. The van der Waals surface area contributed by atoms with Gasteiger partial charge in [0.05, 0.1) is 22.6 Å². The van der Waals surface area contributed by atoms with E-state index in [4.69, 9.17) is 14.2 Å². The Morgan fingerprint density at radius 2 is 1.82 bits per heavy atom. The van der Waals surface area contributed by atoms with Crippen LogP contribution in [0, 0.1) is 6.92 Å². The third-order valence-electron chi connectivity index (χ3n) is 4.97. The predicted molar refractivity (Wildman–Crippen MR) is 135 cm³/mol. The number of carbonyl (C=O) groups excluding carboxylic acids is 3. The normalized spacial score (nSPS) is 15.6. The first-order chi connectivity index (χ1) is 16.2. The van der Waals surface area contributed by atoms with E-state index in [0.717, 1.165) is 22.2 Å². The second-order valence-electron chi connectivity index (χ2n) is 7.52. The molecule has 180 valence electrons. The Bertz CT molecular complexity index is 1120. The van der Waals surface area contributed by atoms with Crippen molar-refractivity contribution < 1.29 is 28.6 Å². The zero-order chi connectivity index (χ0) is 24.8. The highest BCUT2D eigenvalue weighted by molar-refractivity contribution is 9.10. The van der Waals surface area contributed by atoms with Gasteiger partial charge in [0.2, 0.25) is 0 Å². The molecule has 3 rings (SSSR count). The standard InChI is InChI=1S/C25H26BrNO6S/c1-5-31-20-12-18(11-19(26)22(20)33-14-17-9-7-15(3)8-10-17)13-21-23(28)27(25(30)34-21)16(4)24(29)32-6-2/h7-13,16H,5-6,14H2,1-4H3/b21-13+/t16-/m0/s1. The molecule has 9 heteroatoms. The minimum Gasteiger partial charge on any atom is -0.490 e. The van der Waals surface area contributed by atoms with Gasteiger partial charge >= 0.3 is 5.97 Å². The van der Waals surface area contributed by atoms with Crippen LogP contribution in [0.25, 0.3) is 6.08 Å². The van der Waals surface area contributed by atoms with Crippen LogP contribution in [-0.4, -0.2) is 41.3 Å². The number of imide groups is 1. The van der Waals surface area contributed by atoms with Crippen LogP contribution >= 0.6 is 27.7 Å². The molecule has 1 aliphatic heterocycles. The highest BCUT2D eigenvalue weighted by Gasteiger charge is 2.41. The molecule has 0 bridgehead atoms. The fraction of sp³-hybridized carbons (Fsp3) is 0.320. The quantitative estimate of drug-likeness (QED) is 0.293. The molecule has 0 aromatic heterocycles. The Hall–Kier alpha value is -2.78. The minimum atomic E-state index is -0.998. The monoisotopic (exact) mass is 547 g/mol. The maximum atomic E-state index is 12.9. The maximum absolute atomic E-state index is 12.9. The molecular formula is C25H26BrNO6S. The number of amides is 2. The summed E-state index contributed by atoms with van der Waals surface area (Å²) in [5.41, 5.74) is 2.84. The van der Waals surface area contributed by atoms with Crippen molar-refractivity contribution in [3.63, 3.8) is 0 Å². The van der Waals surface area contributed by atoms with Crippen LogP contribution in [0.1, 0.15) is 37.5 Å². The van der Waals surface area contributed by atoms with E-state index >= 15 is 0 Å². The Morgan fingerprint density at radius 1 is 1.12 bits per heavy atom. The predicted octanol–water partition coefficient (Wildman–Crippen LogP) is 5.72. The topological polar surface area (TPSA) is 82.1 Å². The lowest BCUT2D eigenvalue weighted by atomic mass is 10.1. The average molecular weight is 548 g/mol. The van der Waals surface area contributed by atoms with Gasteiger partial charge in [-0.2, -0.15) is 0 Å². The third-order valence-corrected chi connectivity index (χ3v) is 6.44. The number of aryl methyl sites for hydroxylation is 1. The van der Waals surface area contributed by atoms with Crippen molar-refractivity contribution in [1.29, 1.82) is 0 Å². The van der Waals surface area contributed by atoms with Gasteiger partial charge < -0.3 is 14.2 Å². The summed E-state index contributed by atoms with van der Waals surface area (Å²) in [5, 5.41) is -0.515. The van der Waals surface area contributed by atoms with Crippen LogP contribution in [0.4, 0.5) is 4.79 Å². The molecule has 2 aromatic rings. The molecule has 0 radical (unpaired) electrons. The van der Waals surface area contributed by atoms with Gasteiger partial charge in [-0.15, -0.1) is 0 Å². The van der Waals surface area contributed by atoms with Crippen molar-refractivity contribution in [3.05, 3.63) is 62.5 Å². The molecule has 0 spiro atoms. The smallest absolute Gasteiger partial charge is 0.329 e. The first-order valence-electron chi connectivity index (χ1n) is 10.8. The van der Waals surface area contributed by atoms with Crippen molar-refractivity contribution in [2.24, 2.45) is 0 Å². The number of nitrogens with zero attached hydrogens (tertiary/aromatic N) is 1. The van der Waals surface area contributed by atoms with Crippen LogP contribution in [0.2, 0.25) is 0 Å². The summed E-state index contributed by atoms with van der Waals surface area (Å²) in [6, 6.07) is 10.6. The highest BCUT2D eigenvalue weighted by Crippen LogP contribution is 2.40. The first-order valence-corrected chi connectivity index (χ1v) is 12.4. The van der Waals surface area contributed by atoms with E-state index in [1.165, 1.54) is 12.5 Å². The lowest BCUT2D eigenvalue weighted by molar-refractivity contribution is -0.150. The Morgan fingerprint density at radius 3 is 2.47 bits per heavy atom. The second kappa shape index (κ2) is 11.6. The molecule has 0 N–H and O–H groups in total. The van der Waals surface area contributed by atoms with Gasteiger partial charge in [-0.3, -0.25) is 14.5 Å². The van der Waals surface area contributed by atoms with Crippen LogP contribution < -0.4 is 9.47 Å². The van der Waals surface area contributed by atoms with Crippen LogP contribution in [-0.2, 0) is 20.9 Å². The fourth-order valence-corrected chi connectivity index (χ4v) is 4.73. The summed E-state index contributed by atoms with van der Waals surface area (Å²) in [5.74, 6) is -0.107. The molecule has 1 aliphatic rings. The fourth-order valence-electron chi connectivity index (χ4n) is 3.25. The van der Waals surface area contributed by atoms with Crippen molar-refractivity contribution >= 4 is 50.9 Å². The Labute approximate surface area is 211 Å². The van der Waals surface area contributed by atoms with Crippen LogP contribution in [0.5, 0.6) is 11.5 Å². The summed E-state index contributed by atoms with van der Waals surface area (Å²) in [6.45, 7) is 7.99. The number of rotatable bonds is 9. The van der Waals surface area contributed by atoms with Gasteiger partial charge in [0.15, 0.2) is 11.5 Å². The number of ether oxygens (including phenoxy) is 3. The van der Waals surface area contributed by atoms with E-state index in [2.05, 4.69) is 15.9 Å². The third kappa shape index (κ3) is 6.01. The van der Waals surface area contributed by atoms with Gasteiger partial charge in [-0.05, 0) is 84.7 Å². The molecule has 1 fully saturated rings. The molecule has 1 saturated heterocycles. The molecule has 1 heterocycles. The van der Waals surface area contributed by atoms with Crippen molar-refractivity contribution in [1.82, 2.24) is 4.90 Å². The van der Waals surface area contributed by atoms with E-state index in [1.807, 2.05) is 38.1 Å². The van der Waals surface area contributed by atoms with Crippen molar-refractivity contribution in [2.45, 2.75) is 40.3 Å². The van der Waals surface area contributed by atoms with Crippen molar-refractivity contribution in [3.8, 4) is 11.5 Å². The molecular weight excluding hydrogens is 522 g/mol. The average Bonchev–Trinajstić information content (AvgIpc) is 3.07. The van der Waals surface area contributed by atoms with E-state index < -0.39 is 23.2 Å². The molecule has 7 nitrogen and oxygen atoms in total. The summed E-state index contributed by atoms with van der Waals surface area (Å²) in [7, 11) is 0. The van der Waals surface area contributed by atoms with Crippen LogP contribution in [0.3, 0.4) is 0 Å². The lowest BCUT2D eigenvalue weighted by Crippen LogP contribution is -2.42. The van der Waals surface area contributed by atoms with E-state index in [0.29, 0.717) is 34.7 Å². The molecule has 1 atom stereocenters. The highest BCUT2D eigenvalue weighted by atomic mass is 79.9. The Balaban J connectivity index is 1.84. The van der Waals surface area contributed by atoms with E-state index in [-0.39, 0.29) is 11.5 Å². The van der Waals surface area contributed by atoms with E-state index in [1.54, 1.807) is 25.1 Å². The summed E-state index contributed by atoms with van der Waals surface area (Å²) in [6.07, 6.45) is 1.60. The number of hydrogen-bond donors (Lipinski definition) is 0.